The minimum absolute atomic E-state index is 0.0108. The Morgan fingerprint density at radius 2 is 1.61 bits per heavy atom. The highest BCUT2D eigenvalue weighted by molar-refractivity contribution is 5.94. The van der Waals surface area contributed by atoms with Crippen molar-refractivity contribution in [2.45, 2.75) is 103 Å². The predicted molar refractivity (Wildman–Crippen MR) is 151 cm³/mol. The lowest BCUT2D eigenvalue weighted by molar-refractivity contribution is 0.186. The van der Waals surface area contributed by atoms with Crippen molar-refractivity contribution in [2.24, 2.45) is 5.92 Å². The maximum atomic E-state index is 13.1. The number of hydrogen-bond acceptors (Lipinski definition) is 2. The third kappa shape index (κ3) is 6.63. The summed E-state index contributed by atoms with van der Waals surface area (Å²) < 4.78 is 6.31. The standard InChI is InChI=1S/C32H46N2O2/c1-4-7-8-9-10-21-33-32(35)34-23-29(6-3)36-31-22-28(19-20-30(31)34)27-17-15-26(16-18-27)25-13-11-24(5-2)12-14-25/h15-20,22,24-25,29H,4-14,21,23H2,1-3H3,(H,33,35). The molecule has 0 aromatic heterocycles. The summed E-state index contributed by atoms with van der Waals surface area (Å²) >= 11 is 0. The zero-order valence-electron chi connectivity index (χ0n) is 22.7. The van der Waals surface area contributed by atoms with Crippen LogP contribution in [0.2, 0.25) is 0 Å². The summed E-state index contributed by atoms with van der Waals surface area (Å²) in [6, 6.07) is 15.4. The van der Waals surface area contributed by atoms with Crippen molar-refractivity contribution in [3.63, 3.8) is 0 Å². The van der Waals surface area contributed by atoms with Crippen molar-refractivity contribution >= 4 is 11.7 Å². The van der Waals surface area contributed by atoms with Gasteiger partial charge in [0.25, 0.3) is 0 Å². The summed E-state index contributed by atoms with van der Waals surface area (Å²) in [5.41, 5.74) is 4.69. The van der Waals surface area contributed by atoms with E-state index in [1.807, 2.05) is 4.90 Å². The first kappa shape index (κ1) is 26.6. The van der Waals surface area contributed by atoms with Crippen molar-refractivity contribution < 1.29 is 9.53 Å². The molecule has 36 heavy (non-hydrogen) atoms. The second-order valence-electron chi connectivity index (χ2n) is 10.8. The SMILES string of the molecule is CCCCCCCNC(=O)N1CC(CC)Oc2cc(-c3ccc(C4CCC(CC)CC4)cc3)ccc21. The van der Waals surface area contributed by atoms with Gasteiger partial charge in [-0.3, -0.25) is 4.90 Å². The van der Waals surface area contributed by atoms with Crippen molar-refractivity contribution in [3.05, 3.63) is 48.0 Å². The molecule has 0 spiro atoms. The van der Waals surface area contributed by atoms with Gasteiger partial charge in [-0.15, -0.1) is 0 Å². The summed E-state index contributed by atoms with van der Waals surface area (Å²) in [5, 5.41) is 3.14. The number of anilines is 1. The number of amides is 2. The van der Waals surface area contributed by atoms with Crippen molar-refractivity contribution in [3.8, 4) is 16.9 Å². The number of nitrogens with one attached hydrogen (secondary N) is 1. The van der Waals surface area contributed by atoms with E-state index < -0.39 is 0 Å². The molecular weight excluding hydrogens is 444 g/mol. The molecule has 1 heterocycles. The Balaban J connectivity index is 1.42. The minimum atomic E-state index is -0.0108. The smallest absolute Gasteiger partial charge is 0.322 e. The molecule has 2 amide bonds. The Labute approximate surface area is 218 Å². The van der Waals surface area contributed by atoms with E-state index in [0.717, 1.165) is 42.3 Å². The lowest BCUT2D eigenvalue weighted by Gasteiger charge is -2.35. The number of unbranched alkanes of at least 4 members (excludes halogenated alkanes) is 4. The maximum absolute atomic E-state index is 13.1. The first-order valence-electron chi connectivity index (χ1n) is 14.6. The van der Waals surface area contributed by atoms with Crippen LogP contribution in [0.25, 0.3) is 11.1 Å². The van der Waals surface area contributed by atoms with Crippen LogP contribution in [0.4, 0.5) is 10.5 Å². The maximum Gasteiger partial charge on any atom is 0.322 e. The van der Waals surface area contributed by atoms with E-state index in [9.17, 15) is 4.79 Å². The molecule has 2 aromatic carbocycles. The summed E-state index contributed by atoms with van der Waals surface area (Å²) in [4.78, 5) is 14.9. The fourth-order valence-corrected chi connectivity index (χ4v) is 5.81. The highest BCUT2D eigenvalue weighted by Crippen LogP contribution is 2.40. The number of carbonyl (C=O) groups is 1. The average molecular weight is 491 g/mol. The molecule has 2 aromatic rings. The average Bonchev–Trinajstić information content (AvgIpc) is 2.94. The van der Waals surface area contributed by atoms with Crippen LogP contribution < -0.4 is 15.0 Å². The number of urea groups is 1. The van der Waals surface area contributed by atoms with Gasteiger partial charge < -0.3 is 10.1 Å². The summed E-state index contributed by atoms with van der Waals surface area (Å²) in [6.45, 7) is 8.00. The van der Waals surface area contributed by atoms with Gasteiger partial charge in [-0.1, -0.05) is 83.2 Å². The summed E-state index contributed by atoms with van der Waals surface area (Å²) in [7, 11) is 0. The van der Waals surface area contributed by atoms with E-state index in [-0.39, 0.29) is 12.1 Å². The van der Waals surface area contributed by atoms with E-state index in [1.54, 1.807) is 0 Å². The number of fused-ring (bicyclic) bond motifs is 1. The second-order valence-corrected chi connectivity index (χ2v) is 10.8. The van der Waals surface area contributed by atoms with Crippen LogP contribution >= 0.6 is 0 Å². The third-order valence-corrected chi connectivity index (χ3v) is 8.33. The van der Waals surface area contributed by atoms with Crippen molar-refractivity contribution in [2.75, 3.05) is 18.0 Å². The van der Waals surface area contributed by atoms with Crippen LogP contribution in [0.3, 0.4) is 0 Å². The van der Waals surface area contributed by atoms with Gasteiger partial charge in [-0.25, -0.2) is 4.79 Å². The van der Waals surface area contributed by atoms with E-state index in [0.29, 0.717) is 12.5 Å². The molecule has 1 saturated carbocycles. The van der Waals surface area contributed by atoms with Gasteiger partial charge >= 0.3 is 6.03 Å². The highest BCUT2D eigenvalue weighted by Gasteiger charge is 2.29. The fraction of sp³-hybridized carbons (Fsp3) is 0.594. The van der Waals surface area contributed by atoms with Gasteiger partial charge in [-0.2, -0.15) is 0 Å². The predicted octanol–water partition coefficient (Wildman–Crippen LogP) is 8.69. The molecule has 4 nitrogen and oxygen atoms in total. The third-order valence-electron chi connectivity index (χ3n) is 8.33. The van der Waals surface area contributed by atoms with E-state index in [1.165, 1.54) is 68.9 Å². The largest absolute Gasteiger partial charge is 0.486 e. The molecule has 1 N–H and O–H groups in total. The number of rotatable bonds is 10. The Kier molecular flexibility index (Phi) is 9.72. The fourth-order valence-electron chi connectivity index (χ4n) is 5.81. The number of ether oxygens (including phenoxy) is 1. The van der Waals surface area contributed by atoms with E-state index >= 15 is 0 Å². The molecule has 0 radical (unpaired) electrons. The van der Waals surface area contributed by atoms with Gasteiger partial charge in [0.05, 0.1) is 12.2 Å². The van der Waals surface area contributed by atoms with Crippen molar-refractivity contribution in [1.82, 2.24) is 5.32 Å². The Morgan fingerprint density at radius 3 is 2.31 bits per heavy atom. The van der Waals surface area contributed by atoms with Crippen LogP contribution in [-0.4, -0.2) is 25.2 Å². The normalized spacial score (nSPS) is 21.5. The topological polar surface area (TPSA) is 41.6 Å². The summed E-state index contributed by atoms with van der Waals surface area (Å²) in [5.74, 6) is 2.44. The molecule has 1 fully saturated rings. The molecule has 4 rings (SSSR count). The van der Waals surface area contributed by atoms with Crippen LogP contribution in [0.5, 0.6) is 5.75 Å². The molecule has 1 unspecified atom stereocenters. The molecule has 1 atom stereocenters. The van der Waals surface area contributed by atoms with Crippen LogP contribution in [-0.2, 0) is 0 Å². The Bertz CT molecular complexity index is 963. The first-order valence-corrected chi connectivity index (χ1v) is 14.6. The Morgan fingerprint density at radius 1 is 0.889 bits per heavy atom. The van der Waals surface area contributed by atoms with Gasteiger partial charge in [-0.05, 0) is 79.2 Å². The zero-order valence-corrected chi connectivity index (χ0v) is 22.7. The van der Waals surface area contributed by atoms with Gasteiger partial charge in [0.2, 0.25) is 0 Å². The van der Waals surface area contributed by atoms with Gasteiger partial charge in [0, 0.05) is 6.54 Å². The lowest BCUT2D eigenvalue weighted by Crippen LogP contribution is -2.48. The zero-order chi connectivity index (χ0) is 25.3. The van der Waals surface area contributed by atoms with Crippen molar-refractivity contribution in [1.29, 1.82) is 0 Å². The second kappa shape index (κ2) is 13.2. The lowest BCUT2D eigenvalue weighted by atomic mass is 9.77. The molecular formula is C32H46N2O2. The monoisotopic (exact) mass is 490 g/mol. The molecule has 4 heteroatoms. The van der Waals surface area contributed by atoms with Crippen LogP contribution in [0.1, 0.15) is 103 Å². The van der Waals surface area contributed by atoms with Gasteiger partial charge in [0.15, 0.2) is 0 Å². The minimum Gasteiger partial charge on any atom is -0.486 e. The quantitative estimate of drug-likeness (QED) is 0.338. The van der Waals surface area contributed by atoms with Gasteiger partial charge in [0.1, 0.15) is 11.9 Å². The molecule has 0 bridgehead atoms. The Hall–Kier alpha value is -2.49. The van der Waals surface area contributed by atoms with Crippen LogP contribution in [0.15, 0.2) is 42.5 Å². The molecule has 1 aliphatic heterocycles. The first-order chi connectivity index (χ1) is 17.6. The molecule has 2 aliphatic rings. The van der Waals surface area contributed by atoms with E-state index in [2.05, 4.69) is 68.6 Å². The number of benzene rings is 2. The molecule has 0 saturated heterocycles. The number of carbonyl (C=O) groups excluding carboxylic acids is 1. The van der Waals surface area contributed by atoms with Crippen LogP contribution in [0, 0.1) is 5.92 Å². The van der Waals surface area contributed by atoms with E-state index in [4.69, 9.17) is 4.74 Å². The number of hydrogen-bond donors (Lipinski definition) is 1. The number of nitrogens with zero attached hydrogens (tertiary/aromatic N) is 1. The molecule has 1 aliphatic carbocycles. The highest BCUT2D eigenvalue weighted by atomic mass is 16.5. The summed E-state index contributed by atoms with van der Waals surface area (Å²) in [6.07, 6.45) is 13.6. The molecule has 196 valence electrons.